The third-order valence-electron chi connectivity index (χ3n) is 4.89. The van der Waals surface area contributed by atoms with E-state index in [1.54, 1.807) is 24.3 Å². The Morgan fingerprint density at radius 2 is 2.07 bits per heavy atom. The number of imide groups is 1. The van der Waals surface area contributed by atoms with Crippen LogP contribution in [0, 0.1) is 0 Å². The third kappa shape index (κ3) is 4.61. The van der Waals surface area contributed by atoms with Gasteiger partial charge in [-0.1, -0.05) is 18.2 Å². The molecule has 0 saturated carbocycles. The summed E-state index contributed by atoms with van der Waals surface area (Å²) in [5, 5.41) is 5.27. The first kappa shape index (κ1) is 20.1. The number of carbonyl (C=O) groups is 3. The number of carbonyl (C=O) groups excluding carboxylic acids is 3. The van der Waals surface area contributed by atoms with Crippen molar-refractivity contribution in [2.75, 3.05) is 18.6 Å². The maximum absolute atomic E-state index is 12.6. The van der Waals surface area contributed by atoms with Gasteiger partial charge >= 0.3 is 6.03 Å². The molecule has 0 radical (unpaired) electrons. The molecule has 0 aromatic heterocycles. The number of hydrogen-bond acceptors (Lipinski definition) is 6. The summed E-state index contributed by atoms with van der Waals surface area (Å²) in [6, 6.07) is 5.44. The second kappa shape index (κ2) is 8.17. The molecule has 4 amide bonds. The topological polar surface area (TPSA) is 122 Å². The zero-order valence-corrected chi connectivity index (χ0v) is 16.3. The van der Waals surface area contributed by atoms with Gasteiger partial charge in [0.15, 0.2) is 9.84 Å². The van der Waals surface area contributed by atoms with Crippen LogP contribution >= 0.6 is 0 Å². The standard InChI is InChI=1S/C18H23N3O6S/c1-27-15-5-3-2-4-12(15)10-21-17(23)14(20-18(21)24)6-7-16(22)19-13-8-9-28(25,26)11-13/h2-5,13-14H,6-11H2,1H3,(H,19,22)(H,20,24)/t13-,14-/m0/s1. The monoisotopic (exact) mass is 409 g/mol. The van der Waals surface area contributed by atoms with Gasteiger partial charge in [-0.25, -0.2) is 13.2 Å². The number of sulfone groups is 1. The molecule has 0 unspecified atom stereocenters. The maximum Gasteiger partial charge on any atom is 0.325 e. The van der Waals surface area contributed by atoms with E-state index >= 15 is 0 Å². The van der Waals surface area contributed by atoms with Gasteiger partial charge in [-0.3, -0.25) is 14.5 Å². The first-order valence-electron chi connectivity index (χ1n) is 9.02. The van der Waals surface area contributed by atoms with Crippen molar-refractivity contribution in [1.29, 1.82) is 0 Å². The normalized spacial score (nSPS) is 23.5. The van der Waals surface area contributed by atoms with Crippen LogP contribution in [0.5, 0.6) is 5.75 Å². The molecule has 2 saturated heterocycles. The van der Waals surface area contributed by atoms with E-state index in [-0.39, 0.29) is 42.8 Å². The minimum absolute atomic E-state index is 0.0235. The van der Waals surface area contributed by atoms with Crippen LogP contribution in [0.4, 0.5) is 4.79 Å². The SMILES string of the molecule is COc1ccccc1CN1C(=O)N[C@@H](CCC(=O)N[C@H]2CCS(=O)(=O)C2)C1=O. The Labute approximate surface area is 163 Å². The number of rotatable bonds is 7. The van der Waals surface area contributed by atoms with Crippen LogP contribution in [-0.2, 0) is 26.0 Å². The Hall–Kier alpha value is -2.62. The number of nitrogens with zero attached hydrogens (tertiary/aromatic N) is 1. The van der Waals surface area contributed by atoms with Crippen molar-refractivity contribution in [2.45, 2.75) is 37.9 Å². The van der Waals surface area contributed by atoms with Gasteiger partial charge in [-0.15, -0.1) is 0 Å². The molecule has 28 heavy (non-hydrogen) atoms. The number of nitrogens with one attached hydrogen (secondary N) is 2. The highest BCUT2D eigenvalue weighted by Gasteiger charge is 2.38. The molecule has 10 heteroatoms. The number of ether oxygens (including phenoxy) is 1. The molecule has 0 aliphatic carbocycles. The molecule has 2 heterocycles. The van der Waals surface area contributed by atoms with Gasteiger partial charge in [0.05, 0.1) is 25.2 Å². The van der Waals surface area contributed by atoms with Gasteiger partial charge in [-0.2, -0.15) is 0 Å². The van der Waals surface area contributed by atoms with Crippen molar-refractivity contribution in [2.24, 2.45) is 0 Å². The summed E-state index contributed by atoms with van der Waals surface area (Å²) in [5.41, 5.74) is 0.703. The molecule has 2 atom stereocenters. The highest BCUT2D eigenvalue weighted by Crippen LogP contribution is 2.22. The first-order valence-corrected chi connectivity index (χ1v) is 10.8. The molecule has 9 nitrogen and oxygen atoms in total. The fraction of sp³-hybridized carbons (Fsp3) is 0.500. The lowest BCUT2D eigenvalue weighted by Gasteiger charge is -2.15. The van der Waals surface area contributed by atoms with E-state index in [0.717, 1.165) is 4.90 Å². The lowest BCUT2D eigenvalue weighted by Crippen LogP contribution is -2.37. The number of hydrogen-bond donors (Lipinski definition) is 2. The molecule has 1 aromatic rings. The van der Waals surface area contributed by atoms with Gasteiger partial charge in [0.25, 0.3) is 5.91 Å². The number of methoxy groups -OCH3 is 1. The van der Waals surface area contributed by atoms with E-state index in [9.17, 15) is 22.8 Å². The van der Waals surface area contributed by atoms with Gasteiger partial charge < -0.3 is 15.4 Å². The zero-order valence-electron chi connectivity index (χ0n) is 15.5. The molecule has 1 aromatic carbocycles. The van der Waals surface area contributed by atoms with E-state index < -0.39 is 27.8 Å². The van der Waals surface area contributed by atoms with Crippen LogP contribution in [0.1, 0.15) is 24.8 Å². The van der Waals surface area contributed by atoms with Crippen molar-refractivity contribution in [3.8, 4) is 5.75 Å². The fourth-order valence-electron chi connectivity index (χ4n) is 3.41. The lowest BCUT2D eigenvalue weighted by atomic mass is 10.1. The molecule has 2 N–H and O–H groups in total. The molecular weight excluding hydrogens is 386 g/mol. The van der Waals surface area contributed by atoms with E-state index in [1.165, 1.54) is 7.11 Å². The fourth-order valence-corrected chi connectivity index (χ4v) is 5.08. The van der Waals surface area contributed by atoms with Gasteiger partial charge in [0, 0.05) is 18.0 Å². The Bertz CT molecular complexity index is 885. The van der Waals surface area contributed by atoms with E-state index in [2.05, 4.69) is 10.6 Å². The molecule has 2 aliphatic heterocycles. The summed E-state index contributed by atoms with van der Waals surface area (Å²) < 4.78 is 28.1. The molecule has 0 spiro atoms. The molecular formula is C18H23N3O6S. The number of amides is 4. The molecule has 0 bridgehead atoms. The van der Waals surface area contributed by atoms with Crippen LogP contribution in [0.2, 0.25) is 0 Å². The maximum atomic E-state index is 12.6. The van der Waals surface area contributed by atoms with Crippen LogP contribution in [0.15, 0.2) is 24.3 Å². The largest absolute Gasteiger partial charge is 0.496 e. The number of urea groups is 1. The Balaban J connectivity index is 1.53. The molecule has 2 fully saturated rings. The summed E-state index contributed by atoms with van der Waals surface area (Å²) in [7, 11) is -1.56. The highest BCUT2D eigenvalue weighted by atomic mass is 32.2. The Morgan fingerprint density at radius 3 is 2.75 bits per heavy atom. The quantitative estimate of drug-likeness (QED) is 0.621. The first-order chi connectivity index (χ1) is 13.3. The van der Waals surface area contributed by atoms with Crippen molar-refractivity contribution in [1.82, 2.24) is 15.5 Å². The van der Waals surface area contributed by atoms with Gasteiger partial charge in [-0.05, 0) is 18.9 Å². The highest BCUT2D eigenvalue weighted by molar-refractivity contribution is 7.91. The second-order valence-electron chi connectivity index (χ2n) is 6.94. The molecule has 3 rings (SSSR count). The minimum Gasteiger partial charge on any atom is -0.496 e. The van der Waals surface area contributed by atoms with Gasteiger partial charge in [0.2, 0.25) is 5.91 Å². The van der Waals surface area contributed by atoms with Crippen molar-refractivity contribution in [3.05, 3.63) is 29.8 Å². The Kier molecular flexibility index (Phi) is 5.87. The average Bonchev–Trinajstić information content (AvgIpc) is 3.13. The zero-order chi connectivity index (χ0) is 20.3. The van der Waals surface area contributed by atoms with Crippen molar-refractivity contribution < 1.29 is 27.5 Å². The summed E-state index contributed by atoms with van der Waals surface area (Å²) >= 11 is 0. The number of benzene rings is 1. The second-order valence-corrected chi connectivity index (χ2v) is 9.17. The summed E-state index contributed by atoms with van der Waals surface area (Å²) in [4.78, 5) is 37.9. The van der Waals surface area contributed by atoms with E-state index in [1.807, 2.05) is 0 Å². The summed E-state index contributed by atoms with van der Waals surface area (Å²) in [6.45, 7) is 0.0807. The predicted octanol–water partition coefficient (Wildman–Crippen LogP) is 0.199. The third-order valence-corrected chi connectivity index (χ3v) is 6.65. The lowest BCUT2D eigenvalue weighted by molar-refractivity contribution is -0.128. The van der Waals surface area contributed by atoms with Crippen LogP contribution < -0.4 is 15.4 Å². The molecule has 2 aliphatic rings. The van der Waals surface area contributed by atoms with Crippen LogP contribution in [0.3, 0.4) is 0 Å². The molecule has 152 valence electrons. The van der Waals surface area contributed by atoms with Crippen molar-refractivity contribution in [3.63, 3.8) is 0 Å². The Morgan fingerprint density at radius 1 is 1.32 bits per heavy atom. The van der Waals surface area contributed by atoms with Gasteiger partial charge in [0.1, 0.15) is 11.8 Å². The minimum atomic E-state index is -3.07. The average molecular weight is 409 g/mol. The predicted molar refractivity (Wildman–Crippen MR) is 100 cm³/mol. The van der Waals surface area contributed by atoms with Crippen molar-refractivity contribution >= 4 is 27.7 Å². The summed E-state index contributed by atoms with van der Waals surface area (Å²) in [6.07, 6.45) is 0.577. The van der Waals surface area contributed by atoms with Crippen LogP contribution in [0.25, 0.3) is 0 Å². The van der Waals surface area contributed by atoms with E-state index in [0.29, 0.717) is 17.7 Å². The smallest absolute Gasteiger partial charge is 0.325 e. The van der Waals surface area contributed by atoms with E-state index in [4.69, 9.17) is 4.74 Å². The van der Waals surface area contributed by atoms with Crippen LogP contribution in [-0.4, -0.2) is 61.9 Å². The summed E-state index contributed by atoms with van der Waals surface area (Å²) in [5.74, 6) is -0.116. The number of para-hydroxylation sites is 1.